The molecule has 6 nitrogen and oxygen atoms in total. The minimum absolute atomic E-state index is 0.0939. The van der Waals surface area contributed by atoms with Gasteiger partial charge in [-0.05, 0) is 18.6 Å². The van der Waals surface area contributed by atoms with E-state index in [0.29, 0.717) is 36.6 Å². The lowest BCUT2D eigenvalue weighted by Gasteiger charge is -2.37. The molecule has 2 N–H and O–H groups in total. The fourth-order valence-electron chi connectivity index (χ4n) is 1.70. The molecule has 0 spiro atoms. The fraction of sp³-hybridized carbons (Fsp3) is 0.400. The van der Waals surface area contributed by atoms with E-state index in [0.717, 1.165) is 0 Å². The molecule has 2 rings (SSSR count). The Balaban J connectivity index is 2.20. The molecule has 0 atom stereocenters. The molecule has 1 aliphatic heterocycles. The van der Waals surface area contributed by atoms with Crippen LogP contribution in [0.3, 0.4) is 0 Å². The first-order valence-corrected chi connectivity index (χ1v) is 7.36. The Bertz CT molecular complexity index is 458. The van der Waals surface area contributed by atoms with Crippen molar-refractivity contribution in [3.05, 3.63) is 17.3 Å². The average molecular weight is 293 g/mol. The molecule has 0 radical (unpaired) electrons. The summed E-state index contributed by atoms with van der Waals surface area (Å²) in [4.78, 5) is 14.2. The number of hydrogen-bond donors (Lipinski definition) is 2. The molecule has 0 bridgehead atoms. The van der Waals surface area contributed by atoms with E-state index in [2.05, 4.69) is 4.98 Å². The average Bonchev–Trinajstić information content (AvgIpc) is 2.67. The van der Waals surface area contributed by atoms with Gasteiger partial charge in [0.15, 0.2) is 17.2 Å². The van der Waals surface area contributed by atoms with E-state index in [1.165, 1.54) is 4.31 Å². The summed E-state index contributed by atoms with van der Waals surface area (Å²) in [6.45, 7) is 0.430. The monoisotopic (exact) mass is 292 g/mol. The lowest BCUT2D eigenvalue weighted by molar-refractivity contribution is -0.109. The number of carbonyl (C=O) groups is 1. The Morgan fingerprint density at radius 3 is 2.89 bits per heavy atom. The zero-order chi connectivity index (χ0) is 13.2. The molecule has 18 heavy (non-hydrogen) atoms. The van der Waals surface area contributed by atoms with Crippen molar-refractivity contribution in [3.63, 3.8) is 0 Å². The Morgan fingerprint density at radius 1 is 1.56 bits per heavy atom. The number of halogens is 1. The Hall–Kier alpha value is -1.02. The largest absolute Gasteiger partial charge is 0.483 e. The van der Waals surface area contributed by atoms with Crippen molar-refractivity contribution in [2.45, 2.75) is 6.42 Å². The lowest BCUT2D eigenvalue weighted by Crippen LogP contribution is -2.22. The van der Waals surface area contributed by atoms with Crippen LogP contribution >= 0.6 is 22.4 Å². The lowest BCUT2D eigenvalue weighted by atomic mass is 10.4. The second-order valence-electron chi connectivity index (χ2n) is 3.73. The second kappa shape index (κ2) is 5.31. The van der Waals surface area contributed by atoms with Gasteiger partial charge < -0.3 is 4.74 Å². The molecule has 0 saturated carbocycles. The summed E-state index contributed by atoms with van der Waals surface area (Å²) in [6.07, 6.45) is 1.31. The van der Waals surface area contributed by atoms with Crippen molar-refractivity contribution in [3.8, 4) is 5.75 Å². The number of rotatable bonds is 4. The molecular weight excluding hydrogens is 280 g/mol. The highest BCUT2D eigenvalue weighted by Crippen LogP contribution is 2.50. The van der Waals surface area contributed by atoms with Crippen LogP contribution in [0.1, 0.15) is 6.42 Å². The van der Waals surface area contributed by atoms with Crippen LogP contribution in [0, 0.1) is 0 Å². The second-order valence-corrected chi connectivity index (χ2v) is 6.20. The number of nitrogens with zero attached hydrogens (tertiary/aromatic N) is 2. The minimum atomic E-state index is -2.77. The van der Waals surface area contributed by atoms with Gasteiger partial charge in [0.25, 0.3) is 0 Å². The van der Waals surface area contributed by atoms with Crippen LogP contribution in [0.25, 0.3) is 0 Å². The molecule has 100 valence electrons. The summed E-state index contributed by atoms with van der Waals surface area (Å²) in [6, 6.07) is 3.15. The predicted molar refractivity (Wildman–Crippen MR) is 70.5 cm³/mol. The topological polar surface area (TPSA) is 82.9 Å². The van der Waals surface area contributed by atoms with Crippen molar-refractivity contribution < 1.29 is 18.6 Å². The highest BCUT2D eigenvalue weighted by molar-refractivity contribution is 8.25. The molecule has 1 aliphatic rings. The first-order chi connectivity index (χ1) is 8.54. The molecule has 0 unspecified atom stereocenters. The van der Waals surface area contributed by atoms with E-state index >= 15 is 0 Å². The summed E-state index contributed by atoms with van der Waals surface area (Å²) in [5, 5.41) is 0.0939. The zero-order valence-corrected chi connectivity index (χ0v) is 11.0. The maximum absolute atomic E-state index is 10.2. The third kappa shape index (κ3) is 2.69. The van der Waals surface area contributed by atoms with Crippen LogP contribution < -0.4 is 9.04 Å². The van der Waals surface area contributed by atoms with Gasteiger partial charge in [-0.1, -0.05) is 11.6 Å². The number of hydrogen-bond acceptors (Lipinski definition) is 6. The molecule has 1 aromatic heterocycles. The molecule has 0 aromatic carbocycles. The van der Waals surface area contributed by atoms with Gasteiger partial charge in [-0.25, -0.2) is 4.98 Å². The van der Waals surface area contributed by atoms with Gasteiger partial charge in [0.1, 0.15) is 12.4 Å². The molecule has 8 heteroatoms. The zero-order valence-electron chi connectivity index (χ0n) is 9.45. The number of aromatic nitrogens is 1. The first-order valence-electron chi connectivity index (χ1n) is 5.31. The molecule has 2 heterocycles. The molecule has 1 aromatic rings. The fourth-order valence-corrected chi connectivity index (χ4v) is 3.47. The smallest absolute Gasteiger partial charge is 0.173 e. The van der Waals surface area contributed by atoms with Crippen LogP contribution in [0.4, 0.5) is 5.82 Å². The SMILES string of the molecule is O=CCOc1ccc(N2CCCS2(O)O)nc1Cl. The van der Waals surface area contributed by atoms with Gasteiger partial charge in [-0.15, -0.1) is 10.8 Å². The summed E-state index contributed by atoms with van der Waals surface area (Å²) in [7, 11) is -2.77. The van der Waals surface area contributed by atoms with Crippen molar-refractivity contribution in [2.24, 2.45) is 0 Å². The first kappa shape index (κ1) is 13.4. The highest BCUT2D eigenvalue weighted by Gasteiger charge is 2.30. The number of carbonyl (C=O) groups excluding carboxylic acids is 1. The van der Waals surface area contributed by atoms with E-state index < -0.39 is 10.8 Å². The van der Waals surface area contributed by atoms with E-state index in [1.807, 2.05) is 0 Å². The Kier molecular flexibility index (Phi) is 3.96. The number of pyridine rings is 1. The summed E-state index contributed by atoms with van der Waals surface area (Å²) in [5.74, 6) is 1.04. The molecule has 1 fully saturated rings. The highest BCUT2D eigenvalue weighted by atomic mass is 35.5. The van der Waals surface area contributed by atoms with Gasteiger partial charge in [-0.2, -0.15) is 0 Å². The molecule has 1 saturated heterocycles. The van der Waals surface area contributed by atoms with Crippen molar-refractivity contribution in [2.75, 3.05) is 23.2 Å². The third-order valence-corrected chi connectivity index (χ3v) is 4.68. The van der Waals surface area contributed by atoms with E-state index in [9.17, 15) is 13.9 Å². The van der Waals surface area contributed by atoms with Gasteiger partial charge in [0.2, 0.25) is 0 Å². The Morgan fingerprint density at radius 2 is 2.33 bits per heavy atom. The van der Waals surface area contributed by atoms with Crippen molar-refractivity contribution in [1.82, 2.24) is 4.98 Å². The minimum Gasteiger partial charge on any atom is -0.483 e. The summed E-state index contributed by atoms with van der Waals surface area (Å²) >= 11 is 5.90. The van der Waals surface area contributed by atoms with Crippen molar-refractivity contribution >= 4 is 34.5 Å². The number of anilines is 1. The molecule has 0 amide bonds. The summed E-state index contributed by atoms with van der Waals surface area (Å²) < 4.78 is 26.1. The van der Waals surface area contributed by atoms with Gasteiger partial charge in [-0.3, -0.25) is 18.2 Å². The predicted octanol–water partition coefficient (Wildman–Crippen LogP) is 2.19. The number of aldehydes is 1. The van der Waals surface area contributed by atoms with Crippen LogP contribution in [0.2, 0.25) is 5.15 Å². The van der Waals surface area contributed by atoms with E-state index in [1.54, 1.807) is 12.1 Å². The summed E-state index contributed by atoms with van der Waals surface area (Å²) in [5.41, 5.74) is 0. The maximum atomic E-state index is 10.2. The van der Waals surface area contributed by atoms with Crippen molar-refractivity contribution in [1.29, 1.82) is 0 Å². The Labute approximate surface area is 111 Å². The standard InChI is InChI=1S/C10H13ClN2O4S/c11-10-8(17-6-5-14)2-3-9(12-10)13-4-1-7-18(13,15)16/h2-3,5,15-16H,1,4,6-7H2. The normalized spacial score (nSPS) is 19.6. The van der Waals surface area contributed by atoms with E-state index in [-0.39, 0.29) is 11.8 Å². The molecule has 0 aliphatic carbocycles. The maximum Gasteiger partial charge on any atom is 0.173 e. The third-order valence-electron chi connectivity index (χ3n) is 2.49. The van der Waals surface area contributed by atoms with Gasteiger partial charge in [0, 0.05) is 6.54 Å². The van der Waals surface area contributed by atoms with Gasteiger partial charge >= 0.3 is 0 Å². The van der Waals surface area contributed by atoms with Gasteiger partial charge in [0.05, 0.1) is 5.75 Å². The van der Waals surface area contributed by atoms with Crippen LogP contribution in [-0.4, -0.2) is 39.3 Å². The van der Waals surface area contributed by atoms with Crippen LogP contribution in [0.15, 0.2) is 12.1 Å². The van der Waals surface area contributed by atoms with E-state index in [4.69, 9.17) is 16.3 Å². The van der Waals surface area contributed by atoms with Crippen LogP contribution in [0.5, 0.6) is 5.75 Å². The number of ether oxygens (including phenoxy) is 1. The molecular formula is C10H13ClN2O4S. The quantitative estimate of drug-likeness (QED) is 0.654. The van der Waals surface area contributed by atoms with Crippen LogP contribution in [-0.2, 0) is 4.79 Å².